The lowest BCUT2D eigenvalue weighted by atomic mass is 10.0. The van der Waals surface area contributed by atoms with Gasteiger partial charge in [-0.1, -0.05) is 220 Å². The highest BCUT2D eigenvalue weighted by molar-refractivity contribution is 4.84. The topological polar surface area (TPSA) is 8.81 Å². The van der Waals surface area contributed by atoms with Gasteiger partial charge in [-0.3, -0.25) is 0 Å². The molecule has 0 fully saturated rings. The van der Waals surface area contributed by atoms with Crippen molar-refractivity contribution in [2.75, 3.05) is 0 Å². The zero-order valence-corrected chi connectivity index (χ0v) is 33.1. The molecule has 0 saturated carbocycles. The highest BCUT2D eigenvalue weighted by Gasteiger charge is 2.16. The molecule has 0 bridgehead atoms. The summed E-state index contributed by atoms with van der Waals surface area (Å²) in [6, 6.07) is 0. The van der Waals surface area contributed by atoms with Gasteiger partial charge in [0, 0.05) is 6.42 Å². The number of aromatic nitrogens is 2. The molecule has 0 aliphatic carbocycles. The molecule has 0 unspecified atom stereocenters. The van der Waals surface area contributed by atoms with Crippen LogP contribution in [0.15, 0.2) is 12.4 Å². The molecule has 0 amide bonds. The molecule has 0 aliphatic heterocycles. The predicted octanol–water partition coefficient (Wildman–Crippen LogP) is 15.4. The molecule has 0 aromatic carbocycles. The fourth-order valence-corrected chi connectivity index (χ4v) is 7.56. The van der Waals surface area contributed by atoms with Gasteiger partial charge >= 0.3 is 0 Å². The van der Waals surface area contributed by atoms with Crippen molar-refractivity contribution in [3.05, 3.63) is 18.2 Å². The standard InChI is InChI=1S/C45H89N2/c1-4-7-10-13-16-19-22-24-26-29-32-35-38-41-46-43-44-47(45(46)40-37-34-31-28-21-18-15-12-9-6-3)42-39-36-33-30-27-25-23-20-17-14-11-8-5-2/h43-44H,4-42H2,1-3H3/q+1. The zero-order chi connectivity index (χ0) is 33.7. The number of unbranched alkanes of at least 4 members (excludes halogenated alkanes) is 33. The second-order valence-corrected chi connectivity index (χ2v) is 15.5. The van der Waals surface area contributed by atoms with Crippen LogP contribution in [0.1, 0.15) is 258 Å². The molecule has 2 heteroatoms. The molecule has 0 aliphatic rings. The molecule has 2 nitrogen and oxygen atoms in total. The Labute approximate surface area is 298 Å². The monoisotopic (exact) mass is 658 g/mol. The van der Waals surface area contributed by atoms with Gasteiger partial charge in [0.1, 0.15) is 12.4 Å². The van der Waals surface area contributed by atoms with Gasteiger partial charge < -0.3 is 0 Å². The van der Waals surface area contributed by atoms with Gasteiger partial charge in [0.05, 0.1) is 13.1 Å². The second kappa shape index (κ2) is 36.5. The summed E-state index contributed by atoms with van der Waals surface area (Å²) in [5.74, 6) is 1.63. The molecule has 1 heterocycles. The molecule has 0 radical (unpaired) electrons. The lowest BCUT2D eigenvalue weighted by Gasteiger charge is -2.07. The lowest BCUT2D eigenvalue weighted by Crippen LogP contribution is -2.37. The molecule has 278 valence electrons. The highest BCUT2D eigenvalue weighted by Crippen LogP contribution is 2.16. The molecule has 1 aromatic rings. The summed E-state index contributed by atoms with van der Waals surface area (Å²) >= 11 is 0. The van der Waals surface area contributed by atoms with Crippen LogP contribution in [0.5, 0.6) is 0 Å². The number of hydrogen-bond donors (Lipinski definition) is 0. The summed E-state index contributed by atoms with van der Waals surface area (Å²) in [5, 5.41) is 0. The van der Waals surface area contributed by atoms with E-state index < -0.39 is 0 Å². The van der Waals surface area contributed by atoms with Gasteiger partial charge in [-0.2, -0.15) is 0 Å². The van der Waals surface area contributed by atoms with E-state index in [4.69, 9.17) is 0 Å². The first kappa shape index (κ1) is 44.2. The average molecular weight is 658 g/mol. The number of imidazole rings is 1. The molecular formula is C45H89N2+. The normalized spacial score (nSPS) is 11.6. The Bertz CT molecular complexity index is 674. The smallest absolute Gasteiger partial charge is 0.234 e. The van der Waals surface area contributed by atoms with Gasteiger partial charge in [0.15, 0.2) is 0 Å². The first-order chi connectivity index (χ1) is 23.3. The Morgan fingerprint density at radius 2 is 0.660 bits per heavy atom. The van der Waals surface area contributed by atoms with Crippen LogP contribution in [0, 0.1) is 0 Å². The average Bonchev–Trinajstić information content (AvgIpc) is 3.47. The van der Waals surface area contributed by atoms with Crippen LogP contribution in [0.3, 0.4) is 0 Å². The Morgan fingerprint density at radius 3 is 1.02 bits per heavy atom. The summed E-state index contributed by atoms with van der Waals surface area (Å²) in [4.78, 5) is 0. The third-order valence-electron chi connectivity index (χ3n) is 10.8. The zero-order valence-electron chi connectivity index (χ0n) is 33.1. The minimum Gasteiger partial charge on any atom is -0.234 e. The number of hydrogen-bond acceptors (Lipinski definition) is 0. The number of rotatable bonds is 39. The van der Waals surface area contributed by atoms with Gasteiger partial charge in [0.25, 0.3) is 5.82 Å². The van der Waals surface area contributed by atoms with E-state index in [-0.39, 0.29) is 0 Å². The quantitative estimate of drug-likeness (QED) is 0.0492. The Hall–Kier alpha value is -0.790. The summed E-state index contributed by atoms with van der Waals surface area (Å²) < 4.78 is 5.29. The van der Waals surface area contributed by atoms with Crippen molar-refractivity contribution in [3.63, 3.8) is 0 Å². The van der Waals surface area contributed by atoms with Crippen molar-refractivity contribution in [1.29, 1.82) is 0 Å². The predicted molar refractivity (Wildman–Crippen MR) is 212 cm³/mol. The summed E-state index contributed by atoms with van der Waals surface area (Å²) in [7, 11) is 0. The van der Waals surface area contributed by atoms with Crippen molar-refractivity contribution in [3.8, 4) is 0 Å². The molecule has 0 spiro atoms. The van der Waals surface area contributed by atoms with Crippen LogP contribution in [0.25, 0.3) is 0 Å². The van der Waals surface area contributed by atoms with E-state index in [2.05, 4.69) is 42.3 Å². The molecule has 1 rings (SSSR count). The van der Waals surface area contributed by atoms with Crippen LogP contribution in [0.4, 0.5) is 0 Å². The maximum atomic E-state index is 2.65. The first-order valence-corrected chi connectivity index (χ1v) is 22.4. The van der Waals surface area contributed by atoms with Crippen molar-refractivity contribution in [1.82, 2.24) is 4.57 Å². The van der Waals surface area contributed by atoms with Crippen LogP contribution >= 0.6 is 0 Å². The number of nitrogens with zero attached hydrogens (tertiary/aromatic N) is 2. The van der Waals surface area contributed by atoms with E-state index >= 15 is 0 Å². The summed E-state index contributed by atoms with van der Waals surface area (Å²) in [6.45, 7) is 9.41. The van der Waals surface area contributed by atoms with E-state index in [1.54, 1.807) is 5.82 Å². The van der Waals surface area contributed by atoms with Crippen molar-refractivity contribution in [2.24, 2.45) is 0 Å². The van der Waals surface area contributed by atoms with Crippen LogP contribution < -0.4 is 4.57 Å². The molecule has 0 atom stereocenters. The van der Waals surface area contributed by atoms with E-state index in [1.807, 2.05) is 0 Å². The maximum absolute atomic E-state index is 2.65. The summed E-state index contributed by atoms with van der Waals surface area (Å²) in [5.41, 5.74) is 0. The minimum absolute atomic E-state index is 1.23. The van der Waals surface area contributed by atoms with Gasteiger partial charge in [-0.15, -0.1) is 0 Å². The Balaban J connectivity index is 2.27. The van der Waals surface area contributed by atoms with Crippen molar-refractivity contribution >= 4 is 0 Å². The fraction of sp³-hybridized carbons (Fsp3) is 0.933. The largest absolute Gasteiger partial charge is 0.256 e. The van der Waals surface area contributed by atoms with Crippen molar-refractivity contribution < 1.29 is 4.57 Å². The molecule has 1 aromatic heterocycles. The lowest BCUT2D eigenvalue weighted by molar-refractivity contribution is -0.704. The Kier molecular flexibility index (Phi) is 34.3. The molecule has 47 heavy (non-hydrogen) atoms. The first-order valence-electron chi connectivity index (χ1n) is 22.4. The van der Waals surface area contributed by atoms with E-state index in [9.17, 15) is 0 Å². The third-order valence-corrected chi connectivity index (χ3v) is 10.8. The SMILES string of the molecule is CCCCCCCCCCCCCCCn1cc[n+](CCCCCCCCCCCCCCC)c1CCCCCCCCCCCC. The minimum atomic E-state index is 1.23. The van der Waals surface area contributed by atoms with E-state index in [0.717, 1.165) is 0 Å². The van der Waals surface area contributed by atoms with Crippen molar-refractivity contribution in [2.45, 2.75) is 271 Å². The van der Waals surface area contributed by atoms with Gasteiger partial charge in [-0.05, 0) is 32.1 Å². The van der Waals surface area contributed by atoms with Crippen LogP contribution in [0.2, 0.25) is 0 Å². The van der Waals surface area contributed by atoms with Crippen LogP contribution in [-0.4, -0.2) is 4.57 Å². The third kappa shape index (κ3) is 28.7. The summed E-state index contributed by atoms with van der Waals surface area (Å²) in [6.07, 6.45) is 57.8. The molecule has 0 N–H and O–H groups in total. The Morgan fingerprint density at radius 1 is 0.362 bits per heavy atom. The fourth-order valence-electron chi connectivity index (χ4n) is 7.56. The van der Waals surface area contributed by atoms with Gasteiger partial charge in [0.2, 0.25) is 0 Å². The second-order valence-electron chi connectivity index (χ2n) is 15.5. The van der Waals surface area contributed by atoms with Crippen LogP contribution in [-0.2, 0) is 19.5 Å². The van der Waals surface area contributed by atoms with Gasteiger partial charge in [-0.25, -0.2) is 9.13 Å². The highest BCUT2D eigenvalue weighted by atomic mass is 15.1. The van der Waals surface area contributed by atoms with E-state index in [0.29, 0.717) is 0 Å². The number of aryl methyl sites for hydroxylation is 2. The van der Waals surface area contributed by atoms with E-state index in [1.165, 1.54) is 251 Å². The molecular weight excluding hydrogens is 569 g/mol. The molecule has 0 saturated heterocycles. The maximum Gasteiger partial charge on any atom is 0.256 e.